The Morgan fingerprint density at radius 1 is 1.05 bits per heavy atom. The lowest BCUT2D eigenvalue weighted by Gasteiger charge is -2.39. The normalized spacial score (nSPS) is 25.2. The number of carbonyl (C=O) groups excluding carboxylic acids is 1. The molecule has 1 spiro atoms. The Morgan fingerprint density at radius 3 is 2.67 bits per heavy atom. The molecule has 0 radical (unpaired) electrons. The van der Waals surface area contributed by atoms with E-state index in [0.29, 0.717) is 23.2 Å². The Morgan fingerprint density at radius 2 is 1.88 bits per heavy atom. The van der Waals surface area contributed by atoms with Gasteiger partial charge in [-0.2, -0.15) is 0 Å². The zero-order valence-electron chi connectivity index (χ0n) is 23.9. The summed E-state index contributed by atoms with van der Waals surface area (Å²) in [6, 6.07) is 11.5. The first-order chi connectivity index (χ1) is 20.3. The predicted molar refractivity (Wildman–Crippen MR) is 164 cm³/mol. The predicted octanol–water partition coefficient (Wildman–Crippen LogP) is 7.05. The molecule has 0 aromatic heterocycles. The standard InChI is InChI=1S/C33H34O7S2/c1-17(34)39-14-25-22-4-5-23-29-19(8-21(35)10-28(29)38-3)13-33-7-6-18(12-33)15-41-42-16-20-9-26(36)27(37-2)11-24(20)31(25)40-32(22)30(23)33/h4-5,8-11,18,25,31,35-36H,6-7,12-16H2,1-3H3/t18-,25-,31+,33-/m0/s1. The van der Waals surface area contributed by atoms with Crippen molar-refractivity contribution >= 4 is 27.6 Å². The summed E-state index contributed by atoms with van der Waals surface area (Å²) < 4.78 is 24.1. The largest absolute Gasteiger partial charge is 0.508 e. The Labute approximate surface area is 253 Å². The molecular formula is C33H34O7S2. The van der Waals surface area contributed by atoms with Gasteiger partial charge in [0.15, 0.2) is 11.5 Å². The van der Waals surface area contributed by atoms with Crippen LogP contribution in [0.5, 0.6) is 28.7 Å². The van der Waals surface area contributed by atoms with E-state index in [1.54, 1.807) is 37.1 Å². The number of carbonyl (C=O) groups is 1. The molecule has 3 aromatic rings. The molecule has 0 amide bonds. The maximum absolute atomic E-state index is 12.0. The highest BCUT2D eigenvalue weighted by atomic mass is 33.1. The summed E-state index contributed by atoms with van der Waals surface area (Å²) in [5.41, 5.74) is 7.19. The molecule has 2 heterocycles. The average molecular weight is 607 g/mol. The molecule has 2 aliphatic carbocycles. The Bertz CT molecular complexity index is 1590. The highest BCUT2D eigenvalue weighted by molar-refractivity contribution is 8.76. The first-order valence-corrected chi connectivity index (χ1v) is 16.8. The van der Waals surface area contributed by atoms with Gasteiger partial charge in [0.1, 0.15) is 30.0 Å². The van der Waals surface area contributed by atoms with Crippen LogP contribution in [0.1, 0.15) is 66.0 Å². The third kappa shape index (κ3) is 4.39. The fourth-order valence-corrected chi connectivity index (χ4v) is 10.2. The molecule has 7 rings (SSSR count). The van der Waals surface area contributed by atoms with Crippen molar-refractivity contribution in [1.29, 1.82) is 0 Å². The van der Waals surface area contributed by atoms with E-state index in [-0.39, 0.29) is 35.4 Å². The quantitative estimate of drug-likeness (QED) is 0.239. The van der Waals surface area contributed by atoms with Crippen molar-refractivity contribution in [1.82, 2.24) is 0 Å². The average Bonchev–Trinajstić information content (AvgIpc) is 3.54. The number of benzene rings is 3. The number of hydrogen-bond acceptors (Lipinski definition) is 9. The number of phenols is 2. The summed E-state index contributed by atoms with van der Waals surface area (Å²) in [6.07, 6.45) is 3.55. The van der Waals surface area contributed by atoms with E-state index < -0.39 is 6.10 Å². The van der Waals surface area contributed by atoms with Gasteiger partial charge in [-0.3, -0.25) is 4.79 Å². The molecule has 0 saturated heterocycles. The fraction of sp³-hybridized carbons (Fsp3) is 0.424. The van der Waals surface area contributed by atoms with Gasteiger partial charge in [0.05, 0.1) is 20.1 Å². The number of phenolic OH excluding ortho intramolecular Hbond substituents is 2. The highest BCUT2D eigenvalue weighted by Crippen LogP contribution is 2.62. The number of aromatic hydroxyl groups is 2. The minimum Gasteiger partial charge on any atom is -0.508 e. The first-order valence-electron chi connectivity index (χ1n) is 14.3. The monoisotopic (exact) mass is 606 g/mol. The number of ether oxygens (including phenoxy) is 4. The second-order valence-corrected chi connectivity index (χ2v) is 14.4. The van der Waals surface area contributed by atoms with Gasteiger partial charge in [-0.25, -0.2) is 0 Å². The molecule has 1 saturated carbocycles. The summed E-state index contributed by atoms with van der Waals surface area (Å²) in [7, 11) is 6.87. The Kier molecular flexibility index (Phi) is 6.93. The molecule has 3 aromatic carbocycles. The molecule has 1 fully saturated rings. The van der Waals surface area contributed by atoms with Gasteiger partial charge < -0.3 is 29.2 Å². The number of fused-ring (bicyclic) bond motifs is 6. The molecule has 42 heavy (non-hydrogen) atoms. The topological polar surface area (TPSA) is 94.5 Å². The molecule has 2 aliphatic heterocycles. The molecule has 7 nitrogen and oxygen atoms in total. The van der Waals surface area contributed by atoms with Crippen LogP contribution in [0.15, 0.2) is 36.4 Å². The van der Waals surface area contributed by atoms with Gasteiger partial charge in [0.2, 0.25) is 0 Å². The van der Waals surface area contributed by atoms with E-state index in [4.69, 9.17) is 18.9 Å². The zero-order chi connectivity index (χ0) is 29.2. The van der Waals surface area contributed by atoms with E-state index in [9.17, 15) is 15.0 Å². The van der Waals surface area contributed by atoms with Gasteiger partial charge in [0.25, 0.3) is 0 Å². The van der Waals surface area contributed by atoms with Crippen LogP contribution in [-0.2, 0) is 27.1 Å². The lowest BCUT2D eigenvalue weighted by atomic mass is 9.65. The number of methoxy groups -OCH3 is 2. The molecule has 0 unspecified atom stereocenters. The SMILES string of the molecule is COc1cc2c(cc1O)CSSC[C@H]1CC[C@@]3(Cc4cc(O)cc(OC)c4-c4ccc5c(c43)O[C@H]2[C@H]5COC(C)=O)C1. The van der Waals surface area contributed by atoms with Crippen molar-refractivity contribution in [2.45, 2.75) is 55.8 Å². The van der Waals surface area contributed by atoms with Crippen molar-refractivity contribution in [3.63, 3.8) is 0 Å². The number of rotatable bonds is 4. The van der Waals surface area contributed by atoms with Crippen LogP contribution in [0, 0.1) is 5.92 Å². The summed E-state index contributed by atoms with van der Waals surface area (Å²) in [5.74, 6) is 3.94. The molecule has 4 atom stereocenters. The first kappa shape index (κ1) is 27.7. The molecule has 4 aliphatic rings. The molecule has 220 valence electrons. The summed E-state index contributed by atoms with van der Waals surface area (Å²) in [4.78, 5) is 12.0. The van der Waals surface area contributed by atoms with Gasteiger partial charge in [-0.05, 0) is 66.5 Å². The summed E-state index contributed by atoms with van der Waals surface area (Å²) in [6.45, 7) is 1.61. The smallest absolute Gasteiger partial charge is 0.302 e. The van der Waals surface area contributed by atoms with Crippen LogP contribution < -0.4 is 14.2 Å². The van der Waals surface area contributed by atoms with Crippen LogP contribution in [-0.4, -0.2) is 42.8 Å². The summed E-state index contributed by atoms with van der Waals surface area (Å²) in [5, 5.41) is 21.3. The molecule has 9 heteroatoms. The number of hydrogen-bond donors (Lipinski definition) is 2. The lowest BCUT2D eigenvalue weighted by molar-refractivity contribution is -0.141. The van der Waals surface area contributed by atoms with Crippen LogP contribution >= 0.6 is 21.6 Å². The van der Waals surface area contributed by atoms with Crippen LogP contribution in [0.25, 0.3) is 11.1 Å². The minimum atomic E-state index is -0.431. The van der Waals surface area contributed by atoms with E-state index in [2.05, 4.69) is 12.1 Å². The van der Waals surface area contributed by atoms with Crippen molar-refractivity contribution in [3.8, 4) is 39.9 Å². The van der Waals surface area contributed by atoms with Crippen LogP contribution in [0.3, 0.4) is 0 Å². The second-order valence-electron chi connectivity index (χ2n) is 11.9. The Hall–Kier alpha value is -3.17. The van der Waals surface area contributed by atoms with E-state index >= 15 is 0 Å². The van der Waals surface area contributed by atoms with Gasteiger partial charge in [-0.15, -0.1) is 0 Å². The summed E-state index contributed by atoms with van der Waals surface area (Å²) >= 11 is 0. The molecule has 4 bridgehead atoms. The maximum atomic E-state index is 12.0. The minimum absolute atomic E-state index is 0.0977. The van der Waals surface area contributed by atoms with E-state index in [1.165, 1.54) is 12.5 Å². The Balaban J connectivity index is 1.48. The molecule has 2 N–H and O–H groups in total. The lowest BCUT2D eigenvalue weighted by Crippen LogP contribution is -2.31. The van der Waals surface area contributed by atoms with Gasteiger partial charge >= 0.3 is 5.97 Å². The van der Waals surface area contributed by atoms with Crippen molar-refractivity contribution in [2.24, 2.45) is 5.92 Å². The third-order valence-corrected chi connectivity index (χ3v) is 11.9. The zero-order valence-corrected chi connectivity index (χ0v) is 25.5. The maximum Gasteiger partial charge on any atom is 0.302 e. The van der Waals surface area contributed by atoms with E-state index in [0.717, 1.165) is 70.6 Å². The number of esters is 1. The van der Waals surface area contributed by atoms with Gasteiger partial charge in [0, 0.05) is 52.2 Å². The third-order valence-electron chi connectivity index (χ3n) is 9.44. The highest BCUT2D eigenvalue weighted by Gasteiger charge is 2.50. The van der Waals surface area contributed by atoms with E-state index in [1.807, 2.05) is 22.9 Å². The second kappa shape index (κ2) is 10.5. The molecular weight excluding hydrogens is 572 g/mol. The van der Waals surface area contributed by atoms with Crippen molar-refractivity contribution in [3.05, 3.63) is 64.2 Å². The van der Waals surface area contributed by atoms with Crippen molar-refractivity contribution in [2.75, 3.05) is 26.6 Å². The van der Waals surface area contributed by atoms with Gasteiger partial charge in [-0.1, -0.05) is 33.7 Å². The van der Waals surface area contributed by atoms with Crippen LogP contribution in [0.4, 0.5) is 0 Å². The fourth-order valence-electron chi connectivity index (χ4n) is 7.70. The van der Waals surface area contributed by atoms with Crippen LogP contribution in [0.2, 0.25) is 0 Å². The van der Waals surface area contributed by atoms with Crippen molar-refractivity contribution < 1.29 is 34.0 Å².